The number of piperidine rings is 1. The van der Waals surface area contributed by atoms with Crippen molar-refractivity contribution in [2.45, 2.75) is 32.7 Å². The Labute approximate surface area is 109 Å². The molecule has 1 aliphatic heterocycles. The van der Waals surface area contributed by atoms with Gasteiger partial charge in [0.1, 0.15) is 6.04 Å². The average Bonchev–Trinajstić information content (AvgIpc) is 2.86. The van der Waals surface area contributed by atoms with E-state index < -0.39 is 41.1 Å². The molecule has 0 spiro atoms. The topological polar surface area (TPSA) is 113 Å². The highest BCUT2D eigenvalue weighted by atomic mass is 16.4. The van der Waals surface area contributed by atoms with Crippen molar-refractivity contribution in [3.63, 3.8) is 0 Å². The minimum Gasteiger partial charge on any atom is -0.481 e. The Morgan fingerprint density at radius 1 is 1.32 bits per heavy atom. The first kappa shape index (κ1) is 13.5. The summed E-state index contributed by atoms with van der Waals surface area (Å²) in [6.07, 6.45) is 0.425. The summed E-state index contributed by atoms with van der Waals surface area (Å²) in [6, 6.07) is -0.754. The fraction of sp³-hybridized carbons (Fsp3) is 0.667. The smallest absolute Gasteiger partial charge is 0.307 e. The number of rotatable bonds is 3. The Balaban J connectivity index is 1.98. The van der Waals surface area contributed by atoms with Crippen molar-refractivity contribution in [1.29, 1.82) is 0 Å². The fourth-order valence-corrected chi connectivity index (χ4v) is 2.68. The minimum atomic E-state index is -1.01. The van der Waals surface area contributed by atoms with Crippen molar-refractivity contribution in [2.24, 2.45) is 17.3 Å². The van der Waals surface area contributed by atoms with E-state index in [9.17, 15) is 19.2 Å². The number of hydrogen-bond acceptors (Lipinski definition) is 4. The molecule has 0 aromatic heterocycles. The second-order valence-corrected chi connectivity index (χ2v) is 5.63. The van der Waals surface area contributed by atoms with Gasteiger partial charge >= 0.3 is 5.97 Å². The molecule has 104 valence electrons. The molecule has 3 N–H and O–H groups in total. The van der Waals surface area contributed by atoms with Crippen LogP contribution >= 0.6 is 0 Å². The highest BCUT2D eigenvalue weighted by molar-refractivity contribution is 6.02. The van der Waals surface area contributed by atoms with Crippen LogP contribution in [0.25, 0.3) is 0 Å². The molecular formula is C12H16N2O5. The lowest BCUT2D eigenvalue weighted by molar-refractivity contribution is -0.140. The first-order valence-electron chi connectivity index (χ1n) is 6.12. The van der Waals surface area contributed by atoms with Gasteiger partial charge in [0.25, 0.3) is 0 Å². The second-order valence-electron chi connectivity index (χ2n) is 5.63. The summed E-state index contributed by atoms with van der Waals surface area (Å²) in [7, 11) is 0. The van der Waals surface area contributed by atoms with Crippen molar-refractivity contribution < 1.29 is 24.3 Å². The van der Waals surface area contributed by atoms with E-state index >= 15 is 0 Å². The van der Waals surface area contributed by atoms with Gasteiger partial charge in [-0.05, 0) is 11.8 Å². The Bertz CT molecular complexity index is 471. The van der Waals surface area contributed by atoms with E-state index in [1.54, 1.807) is 13.8 Å². The third-order valence-electron chi connectivity index (χ3n) is 3.93. The summed E-state index contributed by atoms with van der Waals surface area (Å²) >= 11 is 0. The average molecular weight is 268 g/mol. The van der Waals surface area contributed by atoms with Crippen LogP contribution in [0.5, 0.6) is 0 Å². The zero-order chi connectivity index (χ0) is 14.4. The maximum atomic E-state index is 12.0. The van der Waals surface area contributed by atoms with Crippen LogP contribution in [-0.4, -0.2) is 34.8 Å². The molecule has 3 amide bonds. The summed E-state index contributed by atoms with van der Waals surface area (Å²) in [4.78, 5) is 45.4. The van der Waals surface area contributed by atoms with Gasteiger partial charge in [0, 0.05) is 6.42 Å². The summed E-state index contributed by atoms with van der Waals surface area (Å²) in [6.45, 7) is 3.42. The molecule has 2 fully saturated rings. The lowest BCUT2D eigenvalue weighted by atomic mass is 10.0. The third kappa shape index (κ3) is 2.32. The van der Waals surface area contributed by atoms with Gasteiger partial charge in [-0.3, -0.25) is 24.5 Å². The normalized spacial score (nSPS) is 32.4. The van der Waals surface area contributed by atoms with Crippen molar-refractivity contribution in [3.05, 3.63) is 0 Å². The van der Waals surface area contributed by atoms with Gasteiger partial charge in [-0.25, -0.2) is 0 Å². The lowest BCUT2D eigenvalue weighted by Crippen LogP contribution is -2.52. The first-order valence-corrected chi connectivity index (χ1v) is 6.12. The molecule has 1 heterocycles. The van der Waals surface area contributed by atoms with E-state index in [1.165, 1.54) is 0 Å². The molecule has 1 saturated heterocycles. The Hall–Kier alpha value is -1.92. The molecule has 0 aromatic rings. The number of carboxylic acids is 1. The molecule has 7 nitrogen and oxygen atoms in total. The van der Waals surface area contributed by atoms with E-state index in [0.717, 1.165) is 0 Å². The highest BCUT2D eigenvalue weighted by Crippen LogP contribution is 2.58. The second kappa shape index (κ2) is 4.32. The zero-order valence-electron chi connectivity index (χ0n) is 10.7. The summed E-state index contributed by atoms with van der Waals surface area (Å²) < 4.78 is 0. The third-order valence-corrected chi connectivity index (χ3v) is 3.93. The van der Waals surface area contributed by atoms with Gasteiger partial charge in [0.2, 0.25) is 17.7 Å². The van der Waals surface area contributed by atoms with Gasteiger partial charge < -0.3 is 10.4 Å². The van der Waals surface area contributed by atoms with Crippen LogP contribution in [0.3, 0.4) is 0 Å². The SMILES string of the molecule is CC1(C)[C@H](C(=O)O)[C@@H]1C(=O)NC1CCC(=O)NC1=O. The van der Waals surface area contributed by atoms with E-state index in [-0.39, 0.29) is 18.7 Å². The summed E-state index contributed by atoms with van der Waals surface area (Å²) in [5, 5.41) is 13.7. The van der Waals surface area contributed by atoms with Gasteiger partial charge in [0.15, 0.2) is 0 Å². The van der Waals surface area contributed by atoms with Crippen molar-refractivity contribution in [1.82, 2.24) is 10.6 Å². The molecule has 1 aliphatic carbocycles. The van der Waals surface area contributed by atoms with Crippen molar-refractivity contribution >= 4 is 23.7 Å². The van der Waals surface area contributed by atoms with Crippen LogP contribution in [-0.2, 0) is 19.2 Å². The first-order chi connectivity index (χ1) is 8.75. The number of carbonyl (C=O) groups excluding carboxylic acids is 3. The number of carboxylic acid groups (broad SMARTS) is 1. The predicted molar refractivity (Wildman–Crippen MR) is 62.7 cm³/mol. The number of nitrogens with one attached hydrogen (secondary N) is 2. The molecule has 19 heavy (non-hydrogen) atoms. The van der Waals surface area contributed by atoms with E-state index in [2.05, 4.69) is 10.6 Å². The molecule has 1 saturated carbocycles. The quantitative estimate of drug-likeness (QED) is 0.584. The van der Waals surface area contributed by atoms with Crippen molar-refractivity contribution in [2.75, 3.05) is 0 Å². The summed E-state index contributed by atoms with van der Waals surface area (Å²) in [5.41, 5.74) is -0.600. The summed E-state index contributed by atoms with van der Waals surface area (Å²) in [5.74, 6) is -3.68. The van der Waals surface area contributed by atoms with E-state index in [0.29, 0.717) is 0 Å². The van der Waals surface area contributed by atoms with Crippen LogP contribution in [0.2, 0.25) is 0 Å². The number of aliphatic carboxylic acids is 1. The Kier molecular flexibility index (Phi) is 3.07. The van der Waals surface area contributed by atoms with Crippen LogP contribution in [0, 0.1) is 17.3 Å². The molecule has 2 aliphatic rings. The van der Waals surface area contributed by atoms with Crippen LogP contribution < -0.4 is 10.6 Å². The molecule has 7 heteroatoms. The maximum absolute atomic E-state index is 12.0. The molecule has 0 radical (unpaired) electrons. The lowest BCUT2D eigenvalue weighted by Gasteiger charge is -2.22. The van der Waals surface area contributed by atoms with Gasteiger partial charge in [-0.15, -0.1) is 0 Å². The zero-order valence-corrected chi connectivity index (χ0v) is 10.7. The number of carbonyl (C=O) groups is 4. The van der Waals surface area contributed by atoms with Crippen molar-refractivity contribution in [3.8, 4) is 0 Å². The molecule has 0 bridgehead atoms. The maximum Gasteiger partial charge on any atom is 0.307 e. The molecule has 3 atom stereocenters. The van der Waals surface area contributed by atoms with Gasteiger partial charge in [-0.1, -0.05) is 13.8 Å². The standard InChI is InChI=1S/C12H16N2O5/c1-12(2)7(8(12)11(18)19)10(17)13-5-3-4-6(15)14-9(5)16/h5,7-8H,3-4H2,1-2H3,(H,13,17)(H,18,19)(H,14,15,16)/t5?,7-,8+/m1/s1. The monoisotopic (exact) mass is 268 g/mol. The predicted octanol–water partition coefficient (Wildman–Crippen LogP) is -0.735. The Morgan fingerprint density at radius 2 is 1.95 bits per heavy atom. The Morgan fingerprint density at radius 3 is 2.42 bits per heavy atom. The molecular weight excluding hydrogens is 252 g/mol. The number of hydrogen-bond donors (Lipinski definition) is 3. The van der Waals surface area contributed by atoms with Crippen LogP contribution in [0.1, 0.15) is 26.7 Å². The highest BCUT2D eigenvalue weighted by Gasteiger charge is 2.66. The molecule has 2 rings (SSSR count). The number of amides is 3. The van der Waals surface area contributed by atoms with Gasteiger partial charge in [-0.2, -0.15) is 0 Å². The van der Waals surface area contributed by atoms with Crippen LogP contribution in [0.15, 0.2) is 0 Å². The van der Waals surface area contributed by atoms with E-state index in [4.69, 9.17) is 5.11 Å². The molecule has 1 unspecified atom stereocenters. The van der Waals surface area contributed by atoms with E-state index in [1.807, 2.05) is 0 Å². The van der Waals surface area contributed by atoms with Crippen LogP contribution in [0.4, 0.5) is 0 Å². The molecule has 0 aromatic carbocycles. The van der Waals surface area contributed by atoms with Gasteiger partial charge in [0.05, 0.1) is 11.8 Å². The largest absolute Gasteiger partial charge is 0.481 e. The number of imide groups is 1. The minimum absolute atomic E-state index is 0.174. The fourth-order valence-electron chi connectivity index (χ4n) is 2.68.